The quantitative estimate of drug-likeness (QED) is 0.794. The number of halogens is 1. The third-order valence-electron chi connectivity index (χ3n) is 2.41. The van der Waals surface area contributed by atoms with Crippen molar-refractivity contribution in [3.63, 3.8) is 0 Å². The Balaban J connectivity index is 2.92. The molecular formula is C12H16ClN3O3. The summed E-state index contributed by atoms with van der Waals surface area (Å²) in [6.45, 7) is 4.49. The fourth-order valence-corrected chi connectivity index (χ4v) is 1.78. The van der Waals surface area contributed by atoms with E-state index in [2.05, 4.69) is 4.98 Å². The second-order valence-corrected chi connectivity index (χ2v) is 4.12. The van der Waals surface area contributed by atoms with Gasteiger partial charge in [-0.1, -0.05) is 11.6 Å². The number of carbonyl (C=O) groups is 2. The minimum absolute atomic E-state index is 0.0486. The van der Waals surface area contributed by atoms with E-state index < -0.39 is 5.91 Å². The van der Waals surface area contributed by atoms with Gasteiger partial charge in [-0.15, -0.1) is 0 Å². The van der Waals surface area contributed by atoms with Crippen molar-refractivity contribution in [3.05, 3.63) is 22.8 Å². The van der Waals surface area contributed by atoms with Gasteiger partial charge in [0.1, 0.15) is 12.4 Å². The van der Waals surface area contributed by atoms with Crippen LogP contribution in [0.2, 0.25) is 5.02 Å². The lowest BCUT2D eigenvalue weighted by Gasteiger charge is -2.21. The molecule has 0 aliphatic rings. The van der Waals surface area contributed by atoms with E-state index in [1.54, 1.807) is 11.8 Å². The van der Waals surface area contributed by atoms with Crippen LogP contribution in [0, 0.1) is 0 Å². The maximum Gasteiger partial charge on any atom is 0.325 e. The van der Waals surface area contributed by atoms with Gasteiger partial charge in [0.25, 0.3) is 0 Å². The molecule has 1 rings (SSSR count). The number of hydrogen-bond donors (Lipinski definition) is 1. The number of nitrogens with zero attached hydrogens (tertiary/aromatic N) is 2. The molecular weight excluding hydrogens is 270 g/mol. The number of aromatic nitrogens is 1. The number of primary amides is 1. The Hall–Kier alpha value is -1.82. The second-order valence-electron chi connectivity index (χ2n) is 3.71. The number of esters is 1. The van der Waals surface area contributed by atoms with Gasteiger partial charge in [0.2, 0.25) is 5.91 Å². The van der Waals surface area contributed by atoms with Crippen LogP contribution in [-0.2, 0) is 9.53 Å². The Bertz CT molecular complexity index is 479. The first-order chi connectivity index (χ1) is 8.99. The van der Waals surface area contributed by atoms with E-state index in [4.69, 9.17) is 22.1 Å². The predicted octanol–water partition coefficient (Wildman–Crippen LogP) is 1.22. The van der Waals surface area contributed by atoms with Crippen LogP contribution in [0.3, 0.4) is 0 Å². The highest BCUT2D eigenvalue weighted by molar-refractivity contribution is 6.33. The molecule has 0 radical (unpaired) electrons. The van der Waals surface area contributed by atoms with Crippen molar-refractivity contribution in [1.82, 2.24) is 4.98 Å². The predicted molar refractivity (Wildman–Crippen MR) is 72.3 cm³/mol. The normalized spacial score (nSPS) is 10.1. The molecule has 104 valence electrons. The third kappa shape index (κ3) is 4.10. The molecule has 1 amide bonds. The Morgan fingerprint density at radius 2 is 2.16 bits per heavy atom. The number of nitrogens with two attached hydrogens (primary N) is 1. The van der Waals surface area contributed by atoms with Crippen molar-refractivity contribution in [2.24, 2.45) is 5.73 Å². The van der Waals surface area contributed by atoms with Crippen molar-refractivity contribution in [3.8, 4) is 0 Å². The SMILES string of the molecule is CCOC(=O)CN(CC)c1ncc(C(N)=O)cc1Cl. The molecule has 0 atom stereocenters. The molecule has 0 saturated carbocycles. The summed E-state index contributed by atoms with van der Waals surface area (Å²) >= 11 is 6.04. The number of amides is 1. The first-order valence-electron chi connectivity index (χ1n) is 5.85. The summed E-state index contributed by atoms with van der Waals surface area (Å²) in [6, 6.07) is 1.43. The molecule has 0 saturated heterocycles. The lowest BCUT2D eigenvalue weighted by atomic mass is 10.2. The van der Waals surface area contributed by atoms with E-state index in [1.165, 1.54) is 12.3 Å². The van der Waals surface area contributed by atoms with Crippen molar-refractivity contribution in [2.45, 2.75) is 13.8 Å². The zero-order chi connectivity index (χ0) is 14.4. The summed E-state index contributed by atoms with van der Waals surface area (Å²) in [4.78, 5) is 28.2. The molecule has 0 bridgehead atoms. The molecule has 19 heavy (non-hydrogen) atoms. The van der Waals surface area contributed by atoms with Gasteiger partial charge in [-0.2, -0.15) is 0 Å². The first kappa shape index (κ1) is 15.2. The summed E-state index contributed by atoms with van der Waals surface area (Å²) in [7, 11) is 0. The standard InChI is InChI=1S/C12H16ClN3O3/c1-3-16(7-10(17)19-4-2)12-9(13)5-8(6-15-12)11(14)18/h5-6H,3-4,7H2,1-2H3,(H2,14,18). The molecule has 1 aromatic heterocycles. The lowest BCUT2D eigenvalue weighted by molar-refractivity contribution is -0.141. The fourth-order valence-electron chi connectivity index (χ4n) is 1.50. The highest BCUT2D eigenvalue weighted by atomic mass is 35.5. The van der Waals surface area contributed by atoms with Gasteiger partial charge in [-0.05, 0) is 19.9 Å². The summed E-state index contributed by atoms with van der Waals surface area (Å²) in [5.41, 5.74) is 5.36. The van der Waals surface area contributed by atoms with Gasteiger partial charge in [0.05, 0.1) is 17.2 Å². The Morgan fingerprint density at radius 3 is 2.63 bits per heavy atom. The summed E-state index contributed by atoms with van der Waals surface area (Å²) in [6.07, 6.45) is 1.33. The van der Waals surface area contributed by atoms with E-state index in [-0.39, 0.29) is 23.1 Å². The molecule has 0 aromatic carbocycles. The number of ether oxygens (including phenoxy) is 1. The van der Waals surface area contributed by atoms with Crippen molar-refractivity contribution in [2.75, 3.05) is 24.6 Å². The zero-order valence-corrected chi connectivity index (χ0v) is 11.6. The number of carbonyl (C=O) groups excluding carboxylic acids is 2. The smallest absolute Gasteiger partial charge is 0.325 e. The van der Waals surface area contributed by atoms with E-state index >= 15 is 0 Å². The lowest BCUT2D eigenvalue weighted by Crippen LogP contribution is -2.31. The molecule has 0 unspecified atom stereocenters. The molecule has 0 aliphatic heterocycles. The van der Waals surface area contributed by atoms with Crippen LogP contribution in [0.5, 0.6) is 0 Å². The summed E-state index contributed by atoms with van der Waals surface area (Å²) < 4.78 is 4.87. The largest absolute Gasteiger partial charge is 0.465 e. The van der Waals surface area contributed by atoms with Gasteiger partial charge in [0, 0.05) is 12.7 Å². The zero-order valence-electron chi connectivity index (χ0n) is 10.9. The van der Waals surface area contributed by atoms with Gasteiger partial charge < -0.3 is 15.4 Å². The molecule has 0 fully saturated rings. The molecule has 2 N–H and O–H groups in total. The van der Waals surface area contributed by atoms with Crippen LogP contribution < -0.4 is 10.6 Å². The average Bonchev–Trinajstić information content (AvgIpc) is 2.36. The van der Waals surface area contributed by atoms with Crippen LogP contribution in [0.15, 0.2) is 12.3 Å². The van der Waals surface area contributed by atoms with Crippen molar-refractivity contribution < 1.29 is 14.3 Å². The maximum atomic E-state index is 11.5. The number of hydrogen-bond acceptors (Lipinski definition) is 5. The van der Waals surface area contributed by atoms with Crippen LogP contribution >= 0.6 is 11.6 Å². The minimum atomic E-state index is -0.602. The van der Waals surface area contributed by atoms with Crippen LogP contribution in [-0.4, -0.2) is 36.6 Å². The summed E-state index contributed by atoms with van der Waals surface area (Å²) in [5.74, 6) is -0.544. The number of rotatable bonds is 6. The Morgan fingerprint density at radius 1 is 1.47 bits per heavy atom. The van der Waals surface area contributed by atoms with Crippen LogP contribution in [0.1, 0.15) is 24.2 Å². The average molecular weight is 286 g/mol. The van der Waals surface area contributed by atoms with Crippen LogP contribution in [0.4, 0.5) is 5.82 Å². The number of likely N-dealkylation sites (N-methyl/N-ethyl adjacent to an activating group) is 1. The Kier molecular flexibility index (Phi) is 5.57. The minimum Gasteiger partial charge on any atom is -0.465 e. The second kappa shape index (κ2) is 6.94. The maximum absolute atomic E-state index is 11.5. The van der Waals surface area contributed by atoms with Gasteiger partial charge in [-0.25, -0.2) is 4.98 Å². The molecule has 1 heterocycles. The number of pyridine rings is 1. The monoisotopic (exact) mass is 285 g/mol. The first-order valence-corrected chi connectivity index (χ1v) is 6.23. The van der Waals surface area contributed by atoms with E-state index in [0.29, 0.717) is 19.0 Å². The molecule has 6 nitrogen and oxygen atoms in total. The highest BCUT2D eigenvalue weighted by Crippen LogP contribution is 2.23. The van der Waals surface area contributed by atoms with Gasteiger partial charge in [-0.3, -0.25) is 9.59 Å². The van der Waals surface area contributed by atoms with Crippen LogP contribution in [0.25, 0.3) is 0 Å². The van der Waals surface area contributed by atoms with E-state index in [9.17, 15) is 9.59 Å². The molecule has 0 spiro atoms. The fraction of sp³-hybridized carbons (Fsp3) is 0.417. The summed E-state index contributed by atoms with van der Waals surface area (Å²) in [5, 5.41) is 0.266. The molecule has 0 aliphatic carbocycles. The van der Waals surface area contributed by atoms with Crippen molar-refractivity contribution >= 4 is 29.3 Å². The molecule has 1 aromatic rings. The number of anilines is 1. The topological polar surface area (TPSA) is 85.5 Å². The van der Waals surface area contributed by atoms with Gasteiger partial charge >= 0.3 is 5.97 Å². The third-order valence-corrected chi connectivity index (χ3v) is 2.69. The van der Waals surface area contributed by atoms with Crippen molar-refractivity contribution in [1.29, 1.82) is 0 Å². The molecule has 7 heteroatoms. The highest BCUT2D eigenvalue weighted by Gasteiger charge is 2.16. The van der Waals surface area contributed by atoms with Gasteiger partial charge in [0.15, 0.2) is 0 Å². The van der Waals surface area contributed by atoms with E-state index in [1.807, 2.05) is 6.92 Å². The Labute approximate surface area is 116 Å². The van der Waals surface area contributed by atoms with E-state index in [0.717, 1.165) is 0 Å².